The molecule has 0 aromatic carbocycles. The Labute approximate surface area is 178 Å². The molecule has 0 unspecified atom stereocenters. The Kier molecular flexibility index (Phi) is 8.49. The highest BCUT2D eigenvalue weighted by atomic mass is 32.1. The van der Waals surface area contributed by atoms with Crippen LogP contribution in [0.4, 0.5) is 5.13 Å². The van der Waals surface area contributed by atoms with Crippen LogP contribution in [-0.2, 0) is 4.79 Å². The van der Waals surface area contributed by atoms with Crippen LogP contribution in [-0.4, -0.2) is 64.8 Å². The van der Waals surface area contributed by atoms with Gasteiger partial charge in [-0.15, -0.1) is 10.2 Å². The molecule has 8 heteroatoms. The number of rotatable bonds is 11. The summed E-state index contributed by atoms with van der Waals surface area (Å²) in [5.74, 6) is 0.331. The average molecular weight is 419 g/mol. The molecule has 3 heterocycles. The molecule has 160 valence electrons. The second-order valence-electron chi connectivity index (χ2n) is 7.65. The fraction of sp³-hybridized carbons (Fsp3) is 0.667. The van der Waals surface area contributed by atoms with Crippen molar-refractivity contribution in [1.82, 2.24) is 25.0 Å². The Bertz CT molecular complexity index is 723. The molecule has 1 aliphatic rings. The SMILES string of the molecule is CCCCN(CC)CCCNC(=O)C1CCN(c2nnc(-n3cccc3)s2)CC1. The Hall–Kier alpha value is -1.93. The summed E-state index contributed by atoms with van der Waals surface area (Å²) in [6, 6.07) is 3.96. The Morgan fingerprint density at radius 1 is 1.14 bits per heavy atom. The van der Waals surface area contributed by atoms with E-state index in [2.05, 4.69) is 39.2 Å². The van der Waals surface area contributed by atoms with E-state index < -0.39 is 0 Å². The smallest absolute Gasteiger partial charge is 0.223 e. The van der Waals surface area contributed by atoms with Gasteiger partial charge in [-0.25, -0.2) is 0 Å². The molecule has 1 N–H and O–H groups in total. The minimum atomic E-state index is 0.116. The first-order chi connectivity index (χ1) is 14.2. The number of amides is 1. The minimum Gasteiger partial charge on any atom is -0.356 e. The van der Waals surface area contributed by atoms with Crippen LogP contribution in [0.15, 0.2) is 24.5 Å². The number of piperidine rings is 1. The molecule has 1 fully saturated rings. The lowest BCUT2D eigenvalue weighted by Gasteiger charge is -2.30. The highest BCUT2D eigenvalue weighted by Crippen LogP contribution is 2.27. The van der Waals surface area contributed by atoms with Gasteiger partial charge in [0, 0.05) is 37.9 Å². The van der Waals surface area contributed by atoms with Crippen molar-refractivity contribution < 1.29 is 4.79 Å². The lowest BCUT2D eigenvalue weighted by molar-refractivity contribution is -0.125. The van der Waals surface area contributed by atoms with E-state index in [-0.39, 0.29) is 11.8 Å². The number of aromatic nitrogens is 3. The number of unbranched alkanes of at least 4 members (excludes halogenated alkanes) is 1. The van der Waals surface area contributed by atoms with Gasteiger partial charge < -0.3 is 15.1 Å². The number of nitrogens with zero attached hydrogens (tertiary/aromatic N) is 5. The van der Waals surface area contributed by atoms with Gasteiger partial charge in [0.1, 0.15) is 0 Å². The molecule has 0 aliphatic carbocycles. The van der Waals surface area contributed by atoms with E-state index in [9.17, 15) is 4.79 Å². The predicted molar refractivity (Wildman–Crippen MR) is 119 cm³/mol. The van der Waals surface area contributed by atoms with Crippen LogP contribution in [0.2, 0.25) is 0 Å². The summed E-state index contributed by atoms with van der Waals surface area (Å²) in [5.41, 5.74) is 0. The standard InChI is InChI=1S/C21H34N6OS/c1-3-5-12-25(4-2)13-8-11-22-19(28)18-9-16-27(17-10-18)21-24-23-20(29-21)26-14-6-7-15-26/h6-7,14-15,18H,3-5,8-13,16-17H2,1-2H3,(H,22,28). The summed E-state index contributed by atoms with van der Waals surface area (Å²) in [6.45, 7) is 10.3. The molecule has 2 aromatic rings. The quantitative estimate of drug-likeness (QED) is 0.568. The van der Waals surface area contributed by atoms with E-state index in [4.69, 9.17) is 0 Å². The van der Waals surface area contributed by atoms with Gasteiger partial charge in [0.2, 0.25) is 16.2 Å². The minimum absolute atomic E-state index is 0.116. The van der Waals surface area contributed by atoms with Gasteiger partial charge in [0.05, 0.1) is 0 Å². The van der Waals surface area contributed by atoms with Crippen molar-refractivity contribution in [3.63, 3.8) is 0 Å². The summed E-state index contributed by atoms with van der Waals surface area (Å²) in [7, 11) is 0. The molecule has 1 amide bonds. The van der Waals surface area contributed by atoms with E-state index in [1.165, 1.54) is 12.8 Å². The van der Waals surface area contributed by atoms with Crippen LogP contribution >= 0.6 is 11.3 Å². The second kappa shape index (κ2) is 11.3. The second-order valence-corrected chi connectivity index (χ2v) is 8.59. The van der Waals surface area contributed by atoms with Gasteiger partial charge in [-0.2, -0.15) is 0 Å². The van der Waals surface area contributed by atoms with Gasteiger partial charge in [-0.05, 0) is 57.5 Å². The van der Waals surface area contributed by atoms with Crippen molar-refractivity contribution in [1.29, 1.82) is 0 Å². The zero-order chi connectivity index (χ0) is 20.5. The molecule has 0 saturated carbocycles. The monoisotopic (exact) mass is 418 g/mol. The van der Waals surface area contributed by atoms with Crippen molar-refractivity contribution in [3.05, 3.63) is 24.5 Å². The zero-order valence-electron chi connectivity index (χ0n) is 17.7. The van der Waals surface area contributed by atoms with Crippen molar-refractivity contribution in [3.8, 4) is 5.13 Å². The van der Waals surface area contributed by atoms with Gasteiger partial charge in [0.15, 0.2) is 0 Å². The fourth-order valence-electron chi connectivity index (χ4n) is 3.70. The summed E-state index contributed by atoms with van der Waals surface area (Å²) < 4.78 is 1.98. The van der Waals surface area contributed by atoms with Gasteiger partial charge >= 0.3 is 0 Å². The third-order valence-electron chi connectivity index (χ3n) is 5.59. The molecular formula is C21H34N6OS. The van der Waals surface area contributed by atoms with E-state index in [0.29, 0.717) is 0 Å². The topological polar surface area (TPSA) is 66.3 Å². The molecular weight excluding hydrogens is 384 g/mol. The largest absolute Gasteiger partial charge is 0.356 e. The number of nitrogens with one attached hydrogen (secondary N) is 1. The lowest BCUT2D eigenvalue weighted by Crippen LogP contribution is -2.41. The highest BCUT2D eigenvalue weighted by molar-refractivity contribution is 7.17. The first-order valence-electron chi connectivity index (χ1n) is 10.9. The summed E-state index contributed by atoms with van der Waals surface area (Å²) in [4.78, 5) is 17.2. The van der Waals surface area contributed by atoms with Crippen LogP contribution in [0.1, 0.15) is 46.0 Å². The zero-order valence-corrected chi connectivity index (χ0v) is 18.5. The molecule has 2 aromatic heterocycles. The first kappa shape index (κ1) is 21.8. The highest BCUT2D eigenvalue weighted by Gasteiger charge is 2.26. The summed E-state index contributed by atoms with van der Waals surface area (Å²) in [6.07, 6.45) is 9.21. The third-order valence-corrected chi connectivity index (χ3v) is 6.59. The number of hydrogen-bond acceptors (Lipinski definition) is 6. The van der Waals surface area contributed by atoms with Crippen molar-refractivity contribution >= 4 is 22.4 Å². The van der Waals surface area contributed by atoms with E-state index in [1.54, 1.807) is 11.3 Å². The molecule has 0 atom stereocenters. The molecule has 29 heavy (non-hydrogen) atoms. The van der Waals surface area contributed by atoms with Crippen molar-refractivity contribution in [2.45, 2.75) is 46.0 Å². The van der Waals surface area contributed by atoms with E-state index in [1.807, 2.05) is 29.1 Å². The molecule has 0 radical (unpaired) electrons. The van der Waals surface area contributed by atoms with Crippen LogP contribution < -0.4 is 10.2 Å². The van der Waals surface area contributed by atoms with E-state index in [0.717, 1.165) is 68.8 Å². The van der Waals surface area contributed by atoms with E-state index >= 15 is 0 Å². The number of hydrogen-bond donors (Lipinski definition) is 1. The molecule has 0 bridgehead atoms. The van der Waals surface area contributed by atoms with Crippen LogP contribution in [0.3, 0.4) is 0 Å². The molecule has 1 saturated heterocycles. The average Bonchev–Trinajstić information content (AvgIpc) is 3.45. The Morgan fingerprint density at radius 2 is 1.83 bits per heavy atom. The number of carbonyl (C=O) groups excluding carboxylic acids is 1. The maximum Gasteiger partial charge on any atom is 0.223 e. The first-order valence-corrected chi connectivity index (χ1v) is 11.7. The lowest BCUT2D eigenvalue weighted by atomic mass is 9.96. The number of anilines is 1. The third kappa shape index (κ3) is 6.27. The van der Waals surface area contributed by atoms with Gasteiger partial charge in [0.25, 0.3) is 0 Å². The van der Waals surface area contributed by atoms with Crippen LogP contribution in [0.25, 0.3) is 5.13 Å². The molecule has 3 rings (SSSR count). The van der Waals surface area contributed by atoms with Gasteiger partial charge in [-0.3, -0.25) is 9.36 Å². The predicted octanol–water partition coefficient (Wildman–Crippen LogP) is 3.17. The summed E-state index contributed by atoms with van der Waals surface area (Å²) in [5, 5.41) is 13.6. The van der Waals surface area contributed by atoms with Crippen molar-refractivity contribution in [2.24, 2.45) is 5.92 Å². The normalized spacial score (nSPS) is 15.2. The van der Waals surface area contributed by atoms with Crippen LogP contribution in [0, 0.1) is 5.92 Å². The Morgan fingerprint density at radius 3 is 2.52 bits per heavy atom. The maximum atomic E-state index is 12.5. The Balaban J connectivity index is 1.36. The molecule has 0 spiro atoms. The summed E-state index contributed by atoms with van der Waals surface area (Å²) >= 11 is 1.60. The van der Waals surface area contributed by atoms with Crippen LogP contribution in [0.5, 0.6) is 0 Å². The number of carbonyl (C=O) groups is 1. The molecule has 7 nitrogen and oxygen atoms in total. The molecule has 1 aliphatic heterocycles. The maximum absolute atomic E-state index is 12.5. The van der Waals surface area contributed by atoms with Crippen molar-refractivity contribution in [2.75, 3.05) is 44.2 Å². The van der Waals surface area contributed by atoms with Gasteiger partial charge in [-0.1, -0.05) is 31.6 Å². The fourth-order valence-corrected chi connectivity index (χ4v) is 4.57.